The summed E-state index contributed by atoms with van der Waals surface area (Å²) in [6.07, 6.45) is 1.12. The number of benzene rings is 2. The van der Waals surface area contributed by atoms with Crippen molar-refractivity contribution in [2.24, 2.45) is 11.7 Å². The van der Waals surface area contributed by atoms with E-state index in [2.05, 4.69) is 14.9 Å². The van der Waals surface area contributed by atoms with E-state index in [0.717, 1.165) is 22.7 Å². The lowest BCUT2D eigenvalue weighted by Gasteiger charge is -2.31. The number of carbonyl (C=O) groups is 3. The highest BCUT2D eigenvalue weighted by atomic mass is 32.2. The molecule has 1 aliphatic heterocycles. The lowest BCUT2D eigenvalue weighted by molar-refractivity contribution is -0.123. The molecule has 0 saturated carbocycles. The number of anilines is 1. The quantitative estimate of drug-likeness (QED) is 0.521. The molecule has 0 atom stereocenters. The standard InChI is InChI=1S/C24H27N5O3S/c1-2-29-20-10-6-5-9-19(20)27-24(29)33-15-21(30)26-18-8-4-3-7-17(18)23(32)28-13-11-16(12-14-28)22(25)31/h3-10,16H,2,11-15H2,1H3,(H2,25,31)(H,26,30). The highest BCUT2D eigenvalue weighted by Crippen LogP contribution is 2.25. The van der Waals surface area contributed by atoms with E-state index in [1.54, 1.807) is 29.2 Å². The van der Waals surface area contributed by atoms with Crippen LogP contribution in [0.25, 0.3) is 11.0 Å². The molecule has 0 spiro atoms. The number of aryl methyl sites for hydroxylation is 1. The number of hydrogen-bond acceptors (Lipinski definition) is 5. The van der Waals surface area contributed by atoms with Crippen molar-refractivity contribution in [1.29, 1.82) is 0 Å². The molecule has 1 fully saturated rings. The molecule has 172 valence electrons. The highest BCUT2D eigenvalue weighted by molar-refractivity contribution is 7.99. The van der Waals surface area contributed by atoms with E-state index in [-0.39, 0.29) is 29.4 Å². The van der Waals surface area contributed by atoms with Gasteiger partial charge < -0.3 is 20.5 Å². The minimum Gasteiger partial charge on any atom is -0.369 e. The van der Waals surface area contributed by atoms with E-state index in [1.165, 1.54) is 11.8 Å². The predicted molar refractivity (Wildman–Crippen MR) is 129 cm³/mol. The summed E-state index contributed by atoms with van der Waals surface area (Å²) in [6.45, 7) is 3.75. The van der Waals surface area contributed by atoms with Crippen molar-refractivity contribution in [3.63, 3.8) is 0 Å². The zero-order valence-corrected chi connectivity index (χ0v) is 19.3. The molecule has 8 nitrogen and oxygen atoms in total. The molecule has 33 heavy (non-hydrogen) atoms. The van der Waals surface area contributed by atoms with Gasteiger partial charge in [0.25, 0.3) is 5.91 Å². The van der Waals surface area contributed by atoms with Crippen molar-refractivity contribution < 1.29 is 14.4 Å². The fourth-order valence-electron chi connectivity index (χ4n) is 4.10. The first-order valence-electron chi connectivity index (χ1n) is 11.0. The number of primary amides is 1. The number of nitrogens with zero attached hydrogens (tertiary/aromatic N) is 3. The molecule has 0 radical (unpaired) electrons. The van der Waals surface area contributed by atoms with Gasteiger partial charge in [0.15, 0.2) is 5.16 Å². The molecule has 2 aromatic carbocycles. The molecular formula is C24H27N5O3S. The van der Waals surface area contributed by atoms with E-state index < -0.39 is 0 Å². The van der Waals surface area contributed by atoms with E-state index >= 15 is 0 Å². The summed E-state index contributed by atoms with van der Waals surface area (Å²) in [5.41, 5.74) is 8.25. The summed E-state index contributed by atoms with van der Waals surface area (Å²) in [4.78, 5) is 43.6. The highest BCUT2D eigenvalue weighted by Gasteiger charge is 2.27. The second kappa shape index (κ2) is 10.1. The zero-order valence-electron chi connectivity index (χ0n) is 18.5. The van der Waals surface area contributed by atoms with Gasteiger partial charge in [-0.3, -0.25) is 14.4 Å². The number of hydrogen-bond donors (Lipinski definition) is 2. The first kappa shape index (κ1) is 22.8. The van der Waals surface area contributed by atoms with Crippen molar-refractivity contribution in [2.45, 2.75) is 31.5 Å². The summed E-state index contributed by atoms with van der Waals surface area (Å²) < 4.78 is 2.08. The Morgan fingerprint density at radius 3 is 2.52 bits per heavy atom. The molecule has 0 unspecified atom stereocenters. The maximum absolute atomic E-state index is 13.1. The Bertz CT molecular complexity index is 1180. The SMILES string of the molecule is CCn1c(SCC(=O)Nc2ccccc2C(=O)N2CCC(C(N)=O)CC2)nc2ccccc21. The van der Waals surface area contributed by atoms with Crippen LogP contribution in [0.1, 0.15) is 30.1 Å². The summed E-state index contributed by atoms with van der Waals surface area (Å²) in [5.74, 6) is -0.690. The van der Waals surface area contributed by atoms with Gasteiger partial charge in [0.2, 0.25) is 11.8 Å². The summed E-state index contributed by atoms with van der Waals surface area (Å²) in [6, 6.07) is 14.9. The molecule has 3 N–H and O–H groups in total. The average Bonchev–Trinajstić information content (AvgIpc) is 3.20. The molecule has 2 heterocycles. The second-order valence-electron chi connectivity index (χ2n) is 7.98. The first-order valence-corrected chi connectivity index (χ1v) is 12.0. The van der Waals surface area contributed by atoms with Gasteiger partial charge in [-0.05, 0) is 44.0 Å². The Labute approximate surface area is 196 Å². The fourth-order valence-corrected chi connectivity index (χ4v) is 4.98. The number of likely N-dealkylation sites (tertiary alicyclic amines) is 1. The number of piperidine rings is 1. The Kier molecular flexibility index (Phi) is 6.98. The zero-order chi connectivity index (χ0) is 23.4. The van der Waals surface area contributed by atoms with Crippen LogP contribution in [0.5, 0.6) is 0 Å². The lowest BCUT2D eigenvalue weighted by Crippen LogP contribution is -2.42. The predicted octanol–water partition coefficient (Wildman–Crippen LogP) is 3.12. The number of carbonyl (C=O) groups excluding carboxylic acids is 3. The Morgan fingerprint density at radius 1 is 1.09 bits per heavy atom. The molecule has 4 rings (SSSR count). The monoisotopic (exact) mass is 465 g/mol. The van der Waals surface area contributed by atoms with Crippen LogP contribution in [-0.2, 0) is 16.1 Å². The Morgan fingerprint density at radius 2 is 1.79 bits per heavy atom. The van der Waals surface area contributed by atoms with Crippen LogP contribution in [0.2, 0.25) is 0 Å². The van der Waals surface area contributed by atoms with Gasteiger partial charge in [0, 0.05) is 25.6 Å². The first-order chi connectivity index (χ1) is 16.0. The lowest BCUT2D eigenvalue weighted by atomic mass is 9.95. The largest absolute Gasteiger partial charge is 0.369 e. The Hall–Kier alpha value is -3.33. The van der Waals surface area contributed by atoms with Crippen molar-refractivity contribution in [2.75, 3.05) is 24.2 Å². The van der Waals surface area contributed by atoms with Gasteiger partial charge in [-0.25, -0.2) is 4.98 Å². The van der Waals surface area contributed by atoms with Crippen LogP contribution in [0.3, 0.4) is 0 Å². The van der Waals surface area contributed by atoms with Crippen LogP contribution >= 0.6 is 11.8 Å². The third kappa shape index (κ3) is 5.03. The molecule has 1 saturated heterocycles. The van der Waals surface area contributed by atoms with Crippen LogP contribution in [0.15, 0.2) is 53.7 Å². The van der Waals surface area contributed by atoms with Crippen molar-refractivity contribution in [3.8, 4) is 0 Å². The van der Waals surface area contributed by atoms with Gasteiger partial charge in [0.1, 0.15) is 0 Å². The van der Waals surface area contributed by atoms with E-state index in [1.807, 2.05) is 31.2 Å². The summed E-state index contributed by atoms with van der Waals surface area (Å²) in [5, 5.41) is 3.67. The van der Waals surface area contributed by atoms with Gasteiger partial charge in [-0.1, -0.05) is 36.0 Å². The molecule has 1 aromatic heterocycles. The molecule has 0 bridgehead atoms. The van der Waals surface area contributed by atoms with Gasteiger partial charge >= 0.3 is 0 Å². The molecule has 3 aromatic rings. The molecule has 3 amide bonds. The molecule has 1 aliphatic rings. The van der Waals surface area contributed by atoms with Crippen LogP contribution in [-0.4, -0.2) is 51.0 Å². The van der Waals surface area contributed by atoms with Crippen molar-refractivity contribution in [3.05, 3.63) is 54.1 Å². The minimum absolute atomic E-state index is 0.158. The number of fused-ring (bicyclic) bond motifs is 1. The fraction of sp³-hybridized carbons (Fsp3) is 0.333. The van der Waals surface area contributed by atoms with Gasteiger partial charge in [-0.15, -0.1) is 0 Å². The number of rotatable bonds is 7. The smallest absolute Gasteiger partial charge is 0.255 e. The number of amides is 3. The maximum atomic E-state index is 13.1. The average molecular weight is 466 g/mol. The van der Waals surface area contributed by atoms with E-state index in [9.17, 15) is 14.4 Å². The van der Waals surface area contributed by atoms with Gasteiger partial charge in [-0.2, -0.15) is 0 Å². The molecule has 9 heteroatoms. The normalized spacial score (nSPS) is 14.4. The van der Waals surface area contributed by atoms with Crippen LogP contribution in [0, 0.1) is 5.92 Å². The summed E-state index contributed by atoms with van der Waals surface area (Å²) >= 11 is 1.37. The summed E-state index contributed by atoms with van der Waals surface area (Å²) in [7, 11) is 0. The number of aromatic nitrogens is 2. The van der Waals surface area contributed by atoms with Crippen LogP contribution in [0.4, 0.5) is 5.69 Å². The molecule has 0 aliphatic carbocycles. The Balaban J connectivity index is 1.41. The van der Waals surface area contributed by atoms with E-state index in [4.69, 9.17) is 5.73 Å². The number of imidazole rings is 1. The van der Waals surface area contributed by atoms with Crippen LogP contribution < -0.4 is 11.1 Å². The van der Waals surface area contributed by atoms with Crippen molar-refractivity contribution >= 4 is 46.2 Å². The third-order valence-electron chi connectivity index (χ3n) is 5.88. The van der Waals surface area contributed by atoms with Crippen molar-refractivity contribution in [1.82, 2.24) is 14.5 Å². The number of para-hydroxylation sites is 3. The van der Waals surface area contributed by atoms with E-state index in [0.29, 0.717) is 37.2 Å². The maximum Gasteiger partial charge on any atom is 0.255 e. The number of thioether (sulfide) groups is 1. The third-order valence-corrected chi connectivity index (χ3v) is 6.86. The number of nitrogens with two attached hydrogens (primary N) is 1. The minimum atomic E-state index is -0.316. The number of nitrogens with one attached hydrogen (secondary N) is 1. The molecular weight excluding hydrogens is 438 g/mol. The second-order valence-corrected chi connectivity index (χ2v) is 8.92. The van der Waals surface area contributed by atoms with Gasteiger partial charge in [0.05, 0.1) is 28.0 Å². The topological polar surface area (TPSA) is 110 Å².